The van der Waals surface area contributed by atoms with Gasteiger partial charge in [-0.05, 0) is 58.9 Å². The van der Waals surface area contributed by atoms with Gasteiger partial charge in [-0.3, -0.25) is 24.6 Å². The summed E-state index contributed by atoms with van der Waals surface area (Å²) in [7, 11) is 0. The standard InChI is InChI=1S/C25H21N5O5S/c31-23-18-13-17(30(33)34)8-10-19(18)25(22-7-4-12-36-22,24(32)26-15-5-2-1-3-6-15)29(23)16-9-11-20-21(14-16)28-35-27-20/h4,7-15H,1-3,5-6H2,(H,26,32). The average molecular weight is 504 g/mol. The highest BCUT2D eigenvalue weighted by molar-refractivity contribution is 7.10. The molecule has 11 heteroatoms. The van der Waals surface area contributed by atoms with Crippen molar-refractivity contribution in [1.82, 2.24) is 15.6 Å². The smallest absolute Gasteiger partial charge is 0.270 e. The number of thiophene rings is 1. The van der Waals surface area contributed by atoms with E-state index < -0.39 is 16.4 Å². The molecule has 10 nitrogen and oxygen atoms in total. The number of amides is 2. The first-order valence-electron chi connectivity index (χ1n) is 11.7. The Kier molecular flexibility index (Phi) is 5.29. The molecule has 1 fully saturated rings. The van der Waals surface area contributed by atoms with Crippen molar-refractivity contribution in [3.8, 4) is 0 Å². The molecule has 3 heterocycles. The quantitative estimate of drug-likeness (QED) is 0.312. The van der Waals surface area contributed by atoms with Gasteiger partial charge in [-0.25, -0.2) is 4.63 Å². The molecule has 2 aromatic heterocycles. The SMILES string of the molecule is O=C1c2cc([N+](=O)[O-])ccc2C(C(=O)NC2CCCCC2)(c2cccs2)N1c1ccc2nonc2c1. The third-order valence-corrected chi connectivity index (χ3v) is 7.99. The summed E-state index contributed by atoms with van der Waals surface area (Å²) in [5, 5.41) is 24.3. The van der Waals surface area contributed by atoms with Crippen molar-refractivity contribution in [3.05, 3.63) is 80.0 Å². The maximum absolute atomic E-state index is 14.4. The van der Waals surface area contributed by atoms with Crippen LogP contribution in [-0.2, 0) is 10.3 Å². The van der Waals surface area contributed by atoms with Crippen molar-refractivity contribution in [2.24, 2.45) is 0 Å². The maximum atomic E-state index is 14.4. The van der Waals surface area contributed by atoms with Gasteiger partial charge in [0.2, 0.25) is 0 Å². The topological polar surface area (TPSA) is 131 Å². The number of nitro groups is 1. The Bertz CT molecular complexity index is 1490. The molecule has 4 aromatic rings. The molecule has 1 saturated carbocycles. The lowest BCUT2D eigenvalue weighted by Crippen LogP contribution is -2.57. The van der Waals surface area contributed by atoms with Crippen molar-refractivity contribution in [3.63, 3.8) is 0 Å². The first kappa shape index (κ1) is 22.4. The van der Waals surface area contributed by atoms with Gasteiger partial charge in [0.1, 0.15) is 11.0 Å². The molecular weight excluding hydrogens is 482 g/mol. The molecule has 36 heavy (non-hydrogen) atoms. The zero-order valence-electron chi connectivity index (χ0n) is 19.0. The molecule has 1 unspecified atom stereocenters. The van der Waals surface area contributed by atoms with Gasteiger partial charge in [0.05, 0.1) is 10.5 Å². The van der Waals surface area contributed by atoms with E-state index in [0.29, 0.717) is 27.2 Å². The summed E-state index contributed by atoms with van der Waals surface area (Å²) in [6.45, 7) is 0. The van der Waals surface area contributed by atoms with Crippen molar-refractivity contribution in [1.29, 1.82) is 0 Å². The van der Waals surface area contributed by atoms with E-state index in [-0.39, 0.29) is 23.2 Å². The zero-order chi connectivity index (χ0) is 24.9. The molecule has 0 bridgehead atoms. The second kappa shape index (κ2) is 8.52. The number of fused-ring (bicyclic) bond motifs is 2. The summed E-state index contributed by atoms with van der Waals surface area (Å²) in [4.78, 5) is 41.5. The summed E-state index contributed by atoms with van der Waals surface area (Å²) in [6.07, 6.45) is 4.91. The highest BCUT2D eigenvalue weighted by Crippen LogP contribution is 2.49. The van der Waals surface area contributed by atoms with Crippen LogP contribution in [0.4, 0.5) is 11.4 Å². The third-order valence-electron chi connectivity index (χ3n) is 7.01. The van der Waals surface area contributed by atoms with E-state index in [9.17, 15) is 19.7 Å². The summed E-state index contributed by atoms with van der Waals surface area (Å²) in [5.74, 6) is -0.840. The summed E-state index contributed by atoms with van der Waals surface area (Å²) >= 11 is 1.35. The number of hydrogen-bond acceptors (Lipinski definition) is 8. The lowest BCUT2D eigenvalue weighted by atomic mass is 9.85. The summed E-state index contributed by atoms with van der Waals surface area (Å²) in [6, 6.07) is 12.7. The van der Waals surface area contributed by atoms with Crippen molar-refractivity contribution in [2.75, 3.05) is 4.90 Å². The van der Waals surface area contributed by atoms with Crippen LogP contribution in [0.3, 0.4) is 0 Å². The number of benzene rings is 2. The first-order valence-corrected chi connectivity index (χ1v) is 12.6. The van der Waals surface area contributed by atoms with Crippen molar-refractivity contribution >= 4 is 45.6 Å². The molecule has 0 saturated heterocycles. The van der Waals surface area contributed by atoms with E-state index in [1.54, 1.807) is 18.2 Å². The predicted octanol–water partition coefficient (Wildman–Crippen LogP) is 4.55. The van der Waals surface area contributed by atoms with Crippen LogP contribution in [0.5, 0.6) is 0 Å². The van der Waals surface area contributed by atoms with Gasteiger partial charge in [0, 0.05) is 34.3 Å². The minimum absolute atomic E-state index is 0.00985. The second-order valence-corrected chi connectivity index (χ2v) is 10.0. The third kappa shape index (κ3) is 3.30. The number of non-ortho nitro benzene ring substituents is 1. The highest BCUT2D eigenvalue weighted by atomic mass is 32.1. The summed E-state index contributed by atoms with van der Waals surface area (Å²) in [5.41, 5.74) is 0.115. The van der Waals surface area contributed by atoms with Gasteiger partial charge in [-0.2, -0.15) is 0 Å². The Morgan fingerprint density at radius 1 is 1.11 bits per heavy atom. The Morgan fingerprint density at radius 3 is 2.67 bits per heavy atom. The van der Waals surface area contributed by atoms with Crippen LogP contribution in [0.2, 0.25) is 0 Å². The summed E-state index contributed by atoms with van der Waals surface area (Å²) < 4.78 is 4.83. The minimum Gasteiger partial charge on any atom is -0.351 e. The fourth-order valence-electron chi connectivity index (χ4n) is 5.35. The zero-order valence-corrected chi connectivity index (χ0v) is 19.9. The molecular formula is C25H21N5O5S. The van der Waals surface area contributed by atoms with E-state index >= 15 is 0 Å². The molecule has 6 rings (SSSR count). The maximum Gasteiger partial charge on any atom is 0.270 e. The van der Waals surface area contributed by atoms with Gasteiger partial charge >= 0.3 is 0 Å². The lowest BCUT2D eigenvalue weighted by molar-refractivity contribution is -0.384. The normalized spacial score (nSPS) is 20.0. The van der Waals surface area contributed by atoms with Crippen LogP contribution in [0.15, 0.2) is 58.5 Å². The predicted molar refractivity (Wildman–Crippen MR) is 132 cm³/mol. The number of aromatic nitrogens is 2. The molecule has 1 aliphatic heterocycles. The van der Waals surface area contributed by atoms with Crippen LogP contribution in [0.1, 0.15) is 52.9 Å². The number of rotatable bonds is 5. The Hall–Kier alpha value is -4.12. The van der Waals surface area contributed by atoms with E-state index in [2.05, 4.69) is 15.6 Å². The Balaban J connectivity index is 1.60. The van der Waals surface area contributed by atoms with Crippen molar-refractivity contribution < 1.29 is 19.1 Å². The highest BCUT2D eigenvalue weighted by Gasteiger charge is 2.58. The fraction of sp³-hybridized carbons (Fsp3) is 0.280. The molecule has 1 atom stereocenters. The van der Waals surface area contributed by atoms with Crippen LogP contribution >= 0.6 is 11.3 Å². The van der Waals surface area contributed by atoms with Gasteiger partial charge < -0.3 is 5.32 Å². The van der Waals surface area contributed by atoms with Crippen molar-refractivity contribution in [2.45, 2.75) is 43.7 Å². The van der Waals surface area contributed by atoms with Gasteiger partial charge in [-0.1, -0.05) is 25.3 Å². The molecule has 0 spiro atoms. The number of nitrogens with zero attached hydrogens (tertiary/aromatic N) is 4. The Labute approximate surface area is 209 Å². The molecule has 2 amide bonds. The molecule has 0 radical (unpaired) electrons. The second-order valence-electron chi connectivity index (χ2n) is 9.06. The molecule has 182 valence electrons. The van der Waals surface area contributed by atoms with E-state index in [1.165, 1.54) is 34.4 Å². The van der Waals surface area contributed by atoms with Crippen LogP contribution in [0.25, 0.3) is 11.0 Å². The first-order chi connectivity index (χ1) is 17.5. The number of nitro benzene ring substituents is 1. The average Bonchev–Trinajstić information content (AvgIpc) is 3.63. The number of nitrogens with one attached hydrogen (secondary N) is 1. The minimum atomic E-state index is -1.54. The molecule has 1 aliphatic carbocycles. The Morgan fingerprint density at radius 2 is 1.92 bits per heavy atom. The van der Waals surface area contributed by atoms with E-state index in [0.717, 1.165) is 32.1 Å². The number of hydrogen-bond donors (Lipinski definition) is 1. The number of carbonyl (C=O) groups is 2. The lowest BCUT2D eigenvalue weighted by Gasteiger charge is -2.38. The molecule has 2 aromatic carbocycles. The van der Waals surface area contributed by atoms with E-state index in [1.807, 2.05) is 17.5 Å². The molecule has 1 N–H and O–H groups in total. The van der Waals surface area contributed by atoms with Gasteiger partial charge in [0.15, 0.2) is 5.54 Å². The van der Waals surface area contributed by atoms with Crippen LogP contribution in [0, 0.1) is 10.1 Å². The van der Waals surface area contributed by atoms with Crippen LogP contribution < -0.4 is 10.2 Å². The monoisotopic (exact) mass is 503 g/mol. The molecule has 2 aliphatic rings. The van der Waals surface area contributed by atoms with Gasteiger partial charge in [0.25, 0.3) is 17.5 Å². The van der Waals surface area contributed by atoms with E-state index in [4.69, 9.17) is 4.63 Å². The largest absolute Gasteiger partial charge is 0.351 e. The van der Waals surface area contributed by atoms with Gasteiger partial charge in [-0.15, -0.1) is 11.3 Å². The number of anilines is 1. The van der Waals surface area contributed by atoms with Crippen LogP contribution in [-0.4, -0.2) is 33.1 Å². The number of carbonyl (C=O) groups excluding carboxylic acids is 2. The fourth-order valence-corrected chi connectivity index (χ4v) is 6.28.